The third-order valence-corrected chi connectivity index (χ3v) is 11.2. The van der Waals surface area contributed by atoms with Crippen molar-refractivity contribution in [3.05, 3.63) is 40.2 Å². The number of fused-ring (bicyclic) bond motifs is 2. The van der Waals surface area contributed by atoms with Gasteiger partial charge in [-0.3, -0.25) is 19.8 Å². The molecule has 44 heavy (non-hydrogen) atoms. The number of alkyl halides is 6. The zero-order chi connectivity index (χ0) is 32.2. The number of hydrogen-bond donors (Lipinski definition) is 1. The van der Waals surface area contributed by atoms with Crippen molar-refractivity contribution >= 4 is 38.1 Å². The Morgan fingerprint density at radius 2 is 1.64 bits per heavy atom. The molecule has 0 aliphatic carbocycles. The van der Waals surface area contributed by atoms with Crippen molar-refractivity contribution in [3.8, 4) is 0 Å². The lowest BCUT2D eigenvalue weighted by Crippen LogP contribution is -2.64. The maximum atomic E-state index is 13.4. The maximum absolute atomic E-state index is 13.4. The average molecular weight is 675 g/mol. The summed E-state index contributed by atoms with van der Waals surface area (Å²) in [6, 6.07) is 0.637. The largest absolute Gasteiger partial charge is 0.430 e. The Kier molecular flexibility index (Phi) is 8.42. The van der Waals surface area contributed by atoms with Crippen LogP contribution in [0.25, 0.3) is 0 Å². The van der Waals surface area contributed by atoms with E-state index in [1.54, 1.807) is 0 Å². The summed E-state index contributed by atoms with van der Waals surface area (Å²) in [6.07, 6.45) is -11.5. The number of thiophene rings is 1. The number of carbonyl (C=O) groups excluding carboxylic acids is 1. The Balaban J connectivity index is 1.47. The monoisotopic (exact) mass is 674 g/mol. The van der Waals surface area contributed by atoms with E-state index in [4.69, 9.17) is 4.74 Å². The van der Waals surface area contributed by atoms with Gasteiger partial charge in [-0.2, -0.15) is 30.6 Å². The van der Waals surface area contributed by atoms with Crippen molar-refractivity contribution in [2.75, 3.05) is 44.3 Å². The van der Waals surface area contributed by atoms with Crippen molar-refractivity contribution < 1.29 is 54.3 Å². The van der Waals surface area contributed by atoms with Gasteiger partial charge in [0.1, 0.15) is 9.99 Å². The van der Waals surface area contributed by atoms with Crippen molar-refractivity contribution in [1.29, 1.82) is 0 Å². The highest BCUT2D eigenvalue weighted by atomic mass is 32.2. The zero-order valence-corrected chi connectivity index (χ0v) is 24.0. The third-order valence-electron chi connectivity index (χ3n) is 7.83. The molecule has 2 aromatic rings. The molecule has 3 fully saturated rings. The molecule has 2 bridgehead atoms. The number of halogens is 6. The molecule has 242 valence electrons. The molecule has 0 amide bonds. The fraction of sp³-hybridized carbons (Fsp3) is 0.609. The van der Waals surface area contributed by atoms with Crippen LogP contribution in [0.1, 0.15) is 18.4 Å². The molecule has 13 nitrogen and oxygen atoms in total. The molecular weight excluding hydrogens is 650 g/mol. The highest BCUT2D eigenvalue weighted by molar-refractivity contribution is 7.91. The third kappa shape index (κ3) is 5.75. The molecule has 2 unspecified atom stereocenters. The van der Waals surface area contributed by atoms with Gasteiger partial charge < -0.3 is 14.7 Å². The quantitative estimate of drug-likeness (QED) is 0.260. The highest BCUT2D eigenvalue weighted by Crippen LogP contribution is 2.49. The van der Waals surface area contributed by atoms with Crippen LogP contribution in [-0.4, -0.2) is 113 Å². The van der Waals surface area contributed by atoms with Crippen LogP contribution in [0.5, 0.6) is 0 Å². The van der Waals surface area contributed by atoms with E-state index in [2.05, 4.69) is 9.97 Å². The number of piperidine rings is 1. The van der Waals surface area contributed by atoms with Gasteiger partial charge in [0, 0.05) is 75.1 Å². The number of nitro groups is 1. The average Bonchev–Trinajstić information content (AvgIpc) is 3.44. The van der Waals surface area contributed by atoms with Gasteiger partial charge in [-0.25, -0.2) is 18.4 Å². The Morgan fingerprint density at radius 3 is 2.16 bits per heavy atom. The SMILES string of the molecule is O=C1CC2COCC(C1)N2C[C@H]1CN(S(=O)(=O)c2ccc([N+](=O)[O-])s2)CCN1c1ncc(C(O)(C(F)(F)F)C(F)(F)F)cn1. The number of ether oxygens (including phenoxy) is 1. The molecule has 0 spiro atoms. The number of carbonyl (C=O) groups is 1. The minimum atomic E-state index is -6.14. The first-order chi connectivity index (χ1) is 20.4. The first kappa shape index (κ1) is 32.4. The summed E-state index contributed by atoms with van der Waals surface area (Å²) in [4.78, 5) is 33.4. The van der Waals surface area contributed by atoms with Gasteiger partial charge in [-0.05, 0) is 17.4 Å². The summed E-state index contributed by atoms with van der Waals surface area (Å²) in [5, 5.41) is 20.4. The summed E-state index contributed by atoms with van der Waals surface area (Å²) in [5.41, 5.74) is -6.88. The van der Waals surface area contributed by atoms with E-state index < -0.39 is 49.5 Å². The van der Waals surface area contributed by atoms with Crippen LogP contribution in [0.3, 0.4) is 0 Å². The molecular formula is C23H24F6N6O7S2. The van der Waals surface area contributed by atoms with Crippen LogP contribution in [0.2, 0.25) is 0 Å². The summed E-state index contributed by atoms with van der Waals surface area (Å²) in [6.45, 7) is -0.0953. The van der Waals surface area contributed by atoms with Crippen molar-refractivity contribution in [3.63, 3.8) is 0 Å². The molecule has 5 rings (SSSR count). The first-order valence-electron chi connectivity index (χ1n) is 13.0. The van der Waals surface area contributed by atoms with Gasteiger partial charge in [0.15, 0.2) is 0 Å². The van der Waals surface area contributed by atoms with Crippen LogP contribution in [0.15, 0.2) is 28.7 Å². The topological polar surface area (TPSA) is 159 Å². The van der Waals surface area contributed by atoms with E-state index in [1.807, 2.05) is 4.90 Å². The highest BCUT2D eigenvalue weighted by Gasteiger charge is 2.71. The lowest BCUT2D eigenvalue weighted by molar-refractivity contribution is -0.380. The number of piperazine rings is 1. The van der Waals surface area contributed by atoms with Gasteiger partial charge in [0.2, 0.25) is 5.95 Å². The summed E-state index contributed by atoms with van der Waals surface area (Å²) < 4.78 is 113. The van der Waals surface area contributed by atoms with Crippen LogP contribution < -0.4 is 4.90 Å². The number of sulfonamides is 1. The maximum Gasteiger partial charge on any atom is 0.430 e. The van der Waals surface area contributed by atoms with Gasteiger partial charge in [-0.1, -0.05) is 0 Å². The zero-order valence-electron chi connectivity index (χ0n) is 22.4. The van der Waals surface area contributed by atoms with Gasteiger partial charge >= 0.3 is 17.4 Å². The lowest BCUT2D eigenvalue weighted by Gasteiger charge is -2.49. The number of Topliss-reactive ketones (excluding diaryl/α,β-unsaturated/α-hetero) is 1. The molecule has 0 saturated carbocycles. The van der Waals surface area contributed by atoms with Crippen molar-refractivity contribution in [1.82, 2.24) is 19.2 Å². The Morgan fingerprint density at radius 1 is 1.05 bits per heavy atom. The first-order valence-corrected chi connectivity index (χ1v) is 15.2. The van der Waals surface area contributed by atoms with Crippen molar-refractivity contribution in [2.24, 2.45) is 0 Å². The summed E-state index contributed by atoms with van der Waals surface area (Å²) in [5.74, 6) is -0.298. The molecule has 0 radical (unpaired) electrons. The molecule has 2 aromatic heterocycles. The Hall–Kier alpha value is -2.98. The fourth-order valence-corrected chi connectivity index (χ4v) is 8.35. The second-order valence-electron chi connectivity index (χ2n) is 10.5. The molecule has 3 saturated heterocycles. The summed E-state index contributed by atoms with van der Waals surface area (Å²) >= 11 is 0.458. The smallest absolute Gasteiger partial charge is 0.378 e. The minimum Gasteiger partial charge on any atom is -0.378 e. The predicted octanol–water partition coefficient (Wildman–Crippen LogP) is 2.07. The van der Waals surface area contributed by atoms with Crippen LogP contribution in [0.4, 0.5) is 37.3 Å². The lowest BCUT2D eigenvalue weighted by atomic mass is 9.92. The van der Waals surface area contributed by atoms with Crippen molar-refractivity contribution in [2.45, 2.75) is 53.1 Å². The molecule has 3 atom stereocenters. The van der Waals surface area contributed by atoms with Crippen LogP contribution >= 0.6 is 11.3 Å². The van der Waals surface area contributed by atoms with Gasteiger partial charge in [0.25, 0.3) is 15.6 Å². The predicted molar refractivity (Wildman–Crippen MR) is 138 cm³/mol. The molecule has 0 aromatic carbocycles. The Bertz CT molecular complexity index is 1490. The van der Waals surface area contributed by atoms with Gasteiger partial charge in [0.05, 0.1) is 24.2 Å². The number of aliphatic hydroxyl groups is 1. The van der Waals surface area contributed by atoms with Crippen LogP contribution in [-0.2, 0) is 25.2 Å². The number of aromatic nitrogens is 2. The normalized spacial score (nSPS) is 24.5. The molecule has 5 heterocycles. The number of rotatable bonds is 7. The second kappa shape index (κ2) is 11.4. The van der Waals surface area contributed by atoms with Gasteiger partial charge in [-0.15, -0.1) is 0 Å². The van der Waals surface area contributed by atoms with E-state index in [1.165, 1.54) is 4.90 Å². The second-order valence-corrected chi connectivity index (χ2v) is 13.8. The van der Waals surface area contributed by atoms with E-state index in [0.717, 1.165) is 16.4 Å². The molecule has 3 aliphatic heterocycles. The number of anilines is 1. The number of nitrogens with zero attached hydrogens (tertiary/aromatic N) is 6. The number of hydrogen-bond acceptors (Lipinski definition) is 12. The standard InChI is InChI=1S/C23H24F6N6O7S2/c24-22(25,26)21(37,23(27,28)29)13-7-30-20(31-8-13)33-4-3-32(44(40,41)19-2-1-18(43-19)35(38)39)9-16(33)10-34-14-5-17(36)6-15(34)12-42-11-14/h1-2,7-8,14-16,37H,3-6,9-12H2/t14?,15?,16-/m1/s1. The summed E-state index contributed by atoms with van der Waals surface area (Å²) in [7, 11) is -4.24. The van der Waals surface area contributed by atoms with E-state index in [-0.39, 0.29) is 92.7 Å². The Labute approximate surface area is 249 Å². The van der Waals surface area contributed by atoms with E-state index in [9.17, 15) is 54.8 Å². The van der Waals surface area contributed by atoms with Crippen LogP contribution in [0, 0.1) is 10.1 Å². The number of ketones is 1. The molecule has 3 aliphatic rings. The van der Waals surface area contributed by atoms with E-state index >= 15 is 0 Å². The molecule has 21 heteroatoms. The fourth-order valence-electron chi connectivity index (χ4n) is 5.62. The molecule has 1 N–H and O–H groups in total. The number of morpholine rings is 1. The minimum absolute atomic E-state index is 0.0179. The van der Waals surface area contributed by atoms with E-state index in [0.29, 0.717) is 11.3 Å².